The van der Waals surface area contributed by atoms with Gasteiger partial charge in [-0.3, -0.25) is 15.4 Å². The van der Waals surface area contributed by atoms with Crippen LogP contribution in [-0.4, -0.2) is 27.7 Å². The van der Waals surface area contributed by atoms with Crippen LogP contribution in [0, 0.1) is 5.41 Å². The molecule has 0 aliphatic carbocycles. The van der Waals surface area contributed by atoms with Gasteiger partial charge in [-0.1, -0.05) is 11.6 Å². The Kier molecular flexibility index (Phi) is 4.24. The molecule has 0 saturated heterocycles. The monoisotopic (exact) mass is 330 g/mol. The van der Waals surface area contributed by atoms with Crippen LogP contribution in [0.2, 0.25) is 5.15 Å². The molecule has 0 atom stereocenters. The molecule has 0 unspecified atom stereocenters. The molecule has 0 aromatic carbocycles. The number of aromatic nitrogens is 3. The number of quaternary nitrogens is 1. The van der Waals surface area contributed by atoms with Gasteiger partial charge >= 0.3 is 0 Å². The summed E-state index contributed by atoms with van der Waals surface area (Å²) in [4.78, 5) is 13.5. The number of pyridine rings is 2. The van der Waals surface area contributed by atoms with Crippen LogP contribution in [0.15, 0.2) is 42.3 Å². The minimum absolute atomic E-state index is 0.420. The lowest BCUT2D eigenvalue weighted by Gasteiger charge is -2.07. The Bertz CT molecular complexity index is 858. The maximum Gasteiger partial charge on any atom is 0.129 e. The van der Waals surface area contributed by atoms with E-state index in [-0.39, 0.29) is 0 Å². The van der Waals surface area contributed by atoms with Crippen molar-refractivity contribution < 1.29 is 5.32 Å². The molecule has 3 N–H and O–H groups in total. The standard InChI is InChI=1S/C15H12ClN5S/c1-18-6-10(15(17)13-7-19-8-22-13)9-4-12-11(20-5-9)2-3-14(16)21-12/h2-8,17-18H,1H3/p+1. The van der Waals surface area contributed by atoms with E-state index in [1.165, 1.54) is 11.3 Å². The summed E-state index contributed by atoms with van der Waals surface area (Å²) < 4.78 is 0. The third kappa shape index (κ3) is 2.89. The van der Waals surface area contributed by atoms with Gasteiger partial charge in [0, 0.05) is 18.0 Å². The van der Waals surface area contributed by atoms with Gasteiger partial charge in [0.05, 0.1) is 39.8 Å². The predicted octanol–water partition coefficient (Wildman–Crippen LogP) is 2.34. The molecule has 110 valence electrons. The maximum absolute atomic E-state index is 8.40. The Labute approximate surface area is 136 Å². The fourth-order valence-corrected chi connectivity index (χ4v) is 2.83. The average molecular weight is 331 g/mol. The van der Waals surface area contributed by atoms with Crippen LogP contribution >= 0.6 is 22.9 Å². The number of rotatable bonds is 4. The van der Waals surface area contributed by atoms with Crippen LogP contribution in [0.1, 0.15) is 10.4 Å². The smallest absolute Gasteiger partial charge is 0.129 e. The number of hydrogen-bond donors (Lipinski definition) is 2. The number of fused-ring (bicyclic) bond motifs is 1. The Hall–Kier alpha value is -2.15. The molecule has 0 aliphatic rings. The van der Waals surface area contributed by atoms with Gasteiger partial charge in [0.25, 0.3) is 0 Å². The summed E-state index contributed by atoms with van der Waals surface area (Å²) in [5, 5.41) is 10.7. The van der Waals surface area contributed by atoms with E-state index in [2.05, 4.69) is 15.0 Å². The summed E-state index contributed by atoms with van der Waals surface area (Å²) in [6.45, 7) is 0. The molecule has 0 spiro atoms. The van der Waals surface area contributed by atoms with Crippen molar-refractivity contribution in [3.05, 3.63) is 57.9 Å². The SMILES string of the molecule is C[NH2+]C=C(C(=N)c1cncs1)c1cnc2ccc(Cl)nc2c1. The number of thiazole rings is 1. The highest BCUT2D eigenvalue weighted by Gasteiger charge is 2.15. The summed E-state index contributed by atoms with van der Waals surface area (Å²) in [5.41, 5.74) is 5.24. The summed E-state index contributed by atoms with van der Waals surface area (Å²) in [6, 6.07) is 5.45. The highest BCUT2D eigenvalue weighted by Crippen LogP contribution is 2.23. The van der Waals surface area contributed by atoms with Gasteiger partial charge in [-0.25, -0.2) is 4.98 Å². The van der Waals surface area contributed by atoms with Gasteiger partial charge in [0.2, 0.25) is 0 Å². The van der Waals surface area contributed by atoms with Gasteiger partial charge in [0.15, 0.2) is 0 Å². The second kappa shape index (κ2) is 6.31. The van der Waals surface area contributed by atoms with Crippen LogP contribution in [-0.2, 0) is 0 Å². The van der Waals surface area contributed by atoms with Gasteiger partial charge in [0.1, 0.15) is 11.4 Å². The van der Waals surface area contributed by atoms with E-state index in [1.807, 2.05) is 30.7 Å². The van der Waals surface area contributed by atoms with Crippen molar-refractivity contribution >= 4 is 45.3 Å². The van der Waals surface area contributed by atoms with Gasteiger partial charge in [-0.15, -0.1) is 11.3 Å². The van der Waals surface area contributed by atoms with Crippen LogP contribution in [0.3, 0.4) is 0 Å². The van der Waals surface area contributed by atoms with E-state index in [4.69, 9.17) is 17.0 Å². The largest absolute Gasteiger partial charge is 0.322 e. The molecule has 0 aliphatic heterocycles. The second-order valence-corrected chi connectivity index (χ2v) is 5.82. The topological polar surface area (TPSA) is 79.1 Å². The van der Waals surface area contributed by atoms with Crippen LogP contribution < -0.4 is 5.32 Å². The third-order valence-corrected chi connectivity index (χ3v) is 4.10. The highest BCUT2D eigenvalue weighted by molar-refractivity contribution is 7.12. The first-order valence-corrected chi connectivity index (χ1v) is 7.85. The molecular weight excluding hydrogens is 318 g/mol. The zero-order valence-corrected chi connectivity index (χ0v) is 13.3. The Morgan fingerprint density at radius 1 is 1.32 bits per heavy atom. The molecule has 0 bridgehead atoms. The van der Waals surface area contributed by atoms with Crippen molar-refractivity contribution in [3.63, 3.8) is 0 Å². The fourth-order valence-electron chi connectivity index (χ4n) is 2.09. The average Bonchev–Trinajstić information content (AvgIpc) is 3.05. The van der Waals surface area contributed by atoms with E-state index in [9.17, 15) is 0 Å². The van der Waals surface area contributed by atoms with Crippen molar-refractivity contribution in [2.24, 2.45) is 0 Å². The fraction of sp³-hybridized carbons (Fsp3) is 0.0667. The lowest BCUT2D eigenvalue weighted by atomic mass is 10.0. The number of nitrogens with one attached hydrogen (secondary N) is 1. The molecular formula is C15H13ClN5S+. The molecule has 0 radical (unpaired) electrons. The maximum atomic E-state index is 8.40. The molecule has 3 rings (SSSR count). The molecule has 7 heteroatoms. The summed E-state index contributed by atoms with van der Waals surface area (Å²) >= 11 is 7.39. The minimum Gasteiger partial charge on any atom is -0.322 e. The van der Waals surface area contributed by atoms with Crippen molar-refractivity contribution in [2.45, 2.75) is 0 Å². The zero-order chi connectivity index (χ0) is 15.5. The zero-order valence-electron chi connectivity index (χ0n) is 11.7. The Morgan fingerprint density at radius 2 is 2.18 bits per heavy atom. The lowest BCUT2D eigenvalue weighted by Crippen LogP contribution is -2.73. The van der Waals surface area contributed by atoms with Crippen molar-refractivity contribution in [1.29, 1.82) is 5.41 Å². The van der Waals surface area contributed by atoms with E-state index >= 15 is 0 Å². The number of nitrogens with zero attached hydrogens (tertiary/aromatic N) is 3. The molecule has 0 saturated carbocycles. The van der Waals surface area contributed by atoms with E-state index in [0.29, 0.717) is 16.4 Å². The first-order chi connectivity index (χ1) is 10.7. The van der Waals surface area contributed by atoms with Gasteiger partial charge in [-0.05, 0) is 18.2 Å². The van der Waals surface area contributed by atoms with Crippen LogP contribution in [0.5, 0.6) is 0 Å². The first-order valence-electron chi connectivity index (χ1n) is 6.59. The molecule has 3 aromatic rings. The molecule has 5 nitrogen and oxygen atoms in total. The minimum atomic E-state index is 0.420. The van der Waals surface area contributed by atoms with Gasteiger partial charge < -0.3 is 5.32 Å². The Morgan fingerprint density at radius 3 is 2.91 bits per heavy atom. The molecule has 0 amide bonds. The molecule has 3 aromatic heterocycles. The quantitative estimate of drug-likeness (QED) is 0.569. The second-order valence-electron chi connectivity index (χ2n) is 4.55. The Balaban J connectivity index is 2.09. The van der Waals surface area contributed by atoms with Crippen molar-refractivity contribution in [1.82, 2.24) is 15.0 Å². The normalized spacial score (nSPS) is 11.8. The van der Waals surface area contributed by atoms with Gasteiger partial charge in [-0.2, -0.15) is 0 Å². The van der Waals surface area contributed by atoms with Crippen molar-refractivity contribution in [3.8, 4) is 0 Å². The predicted molar refractivity (Wildman–Crippen MR) is 89.3 cm³/mol. The third-order valence-electron chi connectivity index (χ3n) is 3.10. The number of hydrogen-bond acceptors (Lipinski definition) is 5. The van der Waals surface area contributed by atoms with E-state index in [0.717, 1.165) is 21.5 Å². The van der Waals surface area contributed by atoms with Crippen molar-refractivity contribution in [2.75, 3.05) is 7.05 Å². The summed E-state index contributed by atoms with van der Waals surface area (Å²) in [5.74, 6) is 0. The molecule has 22 heavy (non-hydrogen) atoms. The van der Waals surface area contributed by atoms with Crippen LogP contribution in [0.25, 0.3) is 16.6 Å². The summed E-state index contributed by atoms with van der Waals surface area (Å²) in [7, 11) is 1.92. The lowest BCUT2D eigenvalue weighted by molar-refractivity contribution is -0.555. The van der Waals surface area contributed by atoms with E-state index < -0.39 is 0 Å². The molecule has 0 fully saturated rings. The number of halogens is 1. The molecule has 3 heterocycles. The van der Waals surface area contributed by atoms with Crippen LogP contribution in [0.4, 0.5) is 0 Å². The number of nitrogens with two attached hydrogens (primary N) is 1. The summed E-state index contributed by atoms with van der Waals surface area (Å²) in [6.07, 6.45) is 5.35. The highest BCUT2D eigenvalue weighted by atomic mass is 35.5. The first kappa shape index (κ1) is 14.8. The number of allylic oxidation sites excluding steroid dienone is 1. The van der Waals surface area contributed by atoms with E-state index in [1.54, 1.807) is 24.0 Å².